The zero-order chi connectivity index (χ0) is 19.2. The lowest BCUT2D eigenvalue weighted by atomic mass is 10.1. The van der Waals surface area contributed by atoms with Gasteiger partial charge in [0, 0.05) is 49.6 Å². The molecule has 6 nitrogen and oxygen atoms in total. The summed E-state index contributed by atoms with van der Waals surface area (Å²) < 4.78 is 6.14. The number of hydrogen-bond acceptors (Lipinski definition) is 5. The van der Waals surface area contributed by atoms with E-state index in [2.05, 4.69) is 35.8 Å². The van der Waals surface area contributed by atoms with Gasteiger partial charge in [-0.2, -0.15) is 0 Å². The molecule has 0 aromatic heterocycles. The first-order chi connectivity index (χ1) is 13.1. The van der Waals surface area contributed by atoms with Gasteiger partial charge in [-0.3, -0.25) is 15.0 Å². The average molecular weight is 369 g/mol. The molecule has 1 saturated heterocycles. The van der Waals surface area contributed by atoms with Gasteiger partial charge in [0.2, 0.25) is 0 Å². The number of non-ortho nitro benzene ring substituents is 1. The van der Waals surface area contributed by atoms with E-state index < -0.39 is 0 Å². The normalized spacial score (nSPS) is 17.6. The van der Waals surface area contributed by atoms with Crippen LogP contribution in [0.15, 0.2) is 48.5 Å². The first-order valence-corrected chi connectivity index (χ1v) is 9.57. The largest absolute Gasteiger partial charge is 0.372 e. The van der Waals surface area contributed by atoms with E-state index >= 15 is 0 Å². The van der Waals surface area contributed by atoms with Crippen LogP contribution in [0, 0.1) is 10.1 Å². The Morgan fingerprint density at radius 1 is 1.19 bits per heavy atom. The van der Waals surface area contributed by atoms with Crippen molar-refractivity contribution < 1.29 is 9.66 Å². The maximum Gasteiger partial charge on any atom is 0.270 e. The molecule has 0 N–H and O–H groups in total. The van der Waals surface area contributed by atoms with Crippen molar-refractivity contribution in [2.24, 2.45) is 0 Å². The van der Waals surface area contributed by atoms with Gasteiger partial charge in [0.05, 0.1) is 11.5 Å². The molecular weight excluding hydrogens is 342 g/mol. The monoisotopic (exact) mass is 369 g/mol. The molecule has 0 bridgehead atoms. The second kappa shape index (κ2) is 8.97. The number of nitrogens with zero attached hydrogens (tertiary/aromatic N) is 3. The van der Waals surface area contributed by atoms with Crippen molar-refractivity contribution in [3.63, 3.8) is 0 Å². The van der Waals surface area contributed by atoms with E-state index in [-0.39, 0.29) is 16.8 Å². The van der Waals surface area contributed by atoms with Crippen LogP contribution in [-0.4, -0.2) is 36.1 Å². The lowest BCUT2D eigenvalue weighted by molar-refractivity contribution is -0.385. The van der Waals surface area contributed by atoms with Crippen molar-refractivity contribution >= 4 is 11.4 Å². The van der Waals surface area contributed by atoms with Gasteiger partial charge in [-0.15, -0.1) is 0 Å². The van der Waals surface area contributed by atoms with Crippen LogP contribution in [0.2, 0.25) is 0 Å². The van der Waals surface area contributed by atoms with Crippen LogP contribution in [0.25, 0.3) is 0 Å². The Balaban J connectivity index is 1.99. The van der Waals surface area contributed by atoms with Crippen LogP contribution in [0.4, 0.5) is 11.4 Å². The van der Waals surface area contributed by atoms with E-state index in [1.165, 1.54) is 5.56 Å². The zero-order valence-electron chi connectivity index (χ0n) is 16.0. The Morgan fingerprint density at radius 2 is 1.93 bits per heavy atom. The minimum Gasteiger partial charge on any atom is -0.372 e. The molecule has 1 atom stereocenters. The fourth-order valence-electron chi connectivity index (χ4n) is 3.66. The van der Waals surface area contributed by atoms with Crippen molar-refractivity contribution in [2.45, 2.75) is 33.0 Å². The molecule has 1 aliphatic heterocycles. The van der Waals surface area contributed by atoms with Crippen LogP contribution < -0.4 is 4.90 Å². The summed E-state index contributed by atoms with van der Waals surface area (Å²) in [6, 6.07) is 15.4. The van der Waals surface area contributed by atoms with Crippen molar-refractivity contribution in [1.29, 1.82) is 0 Å². The molecule has 6 heteroatoms. The Hall–Kier alpha value is -2.44. The molecule has 27 heavy (non-hydrogen) atoms. The first kappa shape index (κ1) is 19.3. The molecular formula is C21H27N3O3. The standard InChI is InChI=1S/C21H27N3O3/c1-3-22(4-2)20-12-11-18(24(25)26)15-19(20)21-23(13-8-14-27-21)16-17-9-6-5-7-10-17/h5-7,9-12,15,21H,3-4,8,13-14,16H2,1-2H3/t21-/m1/s1. The summed E-state index contributed by atoms with van der Waals surface area (Å²) in [4.78, 5) is 15.5. The van der Waals surface area contributed by atoms with Crippen molar-refractivity contribution in [2.75, 3.05) is 31.1 Å². The van der Waals surface area contributed by atoms with Crippen LogP contribution in [0.5, 0.6) is 0 Å². The third-order valence-electron chi connectivity index (χ3n) is 5.02. The van der Waals surface area contributed by atoms with E-state index in [1.807, 2.05) is 24.3 Å². The molecule has 1 aliphatic rings. The van der Waals surface area contributed by atoms with Gasteiger partial charge in [0.1, 0.15) is 6.23 Å². The molecule has 0 spiro atoms. The summed E-state index contributed by atoms with van der Waals surface area (Å²) in [6.45, 7) is 8.19. The van der Waals surface area contributed by atoms with Crippen molar-refractivity contribution in [1.82, 2.24) is 4.90 Å². The van der Waals surface area contributed by atoms with E-state index in [0.717, 1.165) is 43.9 Å². The third kappa shape index (κ3) is 4.46. The number of nitro benzene ring substituents is 1. The summed E-state index contributed by atoms with van der Waals surface area (Å²) in [5.74, 6) is 0. The summed E-state index contributed by atoms with van der Waals surface area (Å²) in [5.41, 5.74) is 3.21. The smallest absolute Gasteiger partial charge is 0.270 e. The van der Waals surface area contributed by atoms with E-state index in [1.54, 1.807) is 12.1 Å². The van der Waals surface area contributed by atoms with Gasteiger partial charge < -0.3 is 9.64 Å². The highest BCUT2D eigenvalue weighted by Gasteiger charge is 2.29. The number of hydrogen-bond donors (Lipinski definition) is 0. The van der Waals surface area contributed by atoms with Crippen LogP contribution in [0.3, 0.4) is 0 Å². The van der Waals surface area contributed by atoms with Crippen molar-refractivity contribution in [3.8, 4) is 0 Å². The third-order valence-corrected chi connectivity index (χ3v) is 5.02. The highest BCUT2D eigenvalue weighted by atomic mass is 16.6. The van der Waals surface area contributed by atoms with Gasteiger partial charge in [-0.05, 0) is 31.9 Å². The summed E-state index contributed by atoms with van der Waals surface area (Å²) in [7, 11) is 0. The van der Waals surface area contributed by atoms with Crippen LogP contribution >= 0.6 is 0 Å². The zero-order valence-corrected chi connectivity index (χ0v) is 16.0. The summed E-state index contributed by atoms with van der Waals surface area (Å²) in [6.07, 6.45) is 0.674. The maximum atomic E-state index is 11.4. The highest BCUT2D eigenvalue weighted by molar-refractivity contribution is 5.59. The van der Waals surface area contributed by atoms with Gasteiger partial charge in [-0.1, -0.05) is 30.3 Å². The average Bonchev–Trinajstić information content (AvgIpc) is 2.70. The van der Waals surface area contributed by atoms with E-state index in [4.69, 9.17) is 4.74 Å². The Bertz CT molecular complexity index is 763. The first-order valence-electron chi connectivity index (χ1n) is 9.57. The lowest BCUT2D eigenvalue weighted by Crippen LogP contribution is -2.37. The Morgan fingerprint density at radius 3 is 2.59 bits per heavy atom. The fraction of sp³-hybridized carbons (Fsp3) is 0.429. The second-order valence-electron chi connectivity index (χ2n) is 6.71. The Labute approximate surface area is 160 Å². The van der Waals surface area contributed by atoms with Gasteiger partial charge in [-0.25, -0.2) is 0 Å². The fourth-order valence-corrected chi connectivity index (χ4v) is 3.66. The molecule has 1 fully saturated rings. The molecule has 0 amide bonds. The molecule has 0 aliphatic carbocycles. The molecule has 2 aromatic carbocycles. The van der Waals surface area contributed by atoms with E-state index in [0.29, 0.717) is 6.61 Å². The molecule has 0 saturated carbocycles. The highest BCUT2D eigenvalue weighted by Crippen LogP contribution is 2.36. The van der Waals surface area contributed by atoms with Crippen LogP contribution in [0.1, 0.15) is 37.6 Å². The van der Waals surface area contributed by atoms with E-state index in [9.17, 15) is 10.1 Å². The number of anilines is 1. The Kier molecular flexibility index (Phi) is 6.42. The number of benzene rings is 2. The predicted molar refractivity (Wildman–Crippen MR) is 107 cm³/mol. The van der Waals surface area contributed by atoms with Gasteiger partial charge in [0.25, 0.3) is 5.69 Å². The number of nitro groups is 1. The van der Waals surface area contributed by atoms with Gasteiger partial charge in [0.15, 0.2) is 0 Å². The maximum absolute atomic E-state index is 11.4. The minimum atomic E-state index is -0.333. The molecule has 0 unspecified atom stereocenters. The quantitative estimate of drug-likeness (QED) is 0.536. The molecule has 1 heterocycles. The molecule has 144 valence electrons. The molecule has 3 rings (SSSR count). The second-order valence-corrected chi connectivity index (χ2v) is 6.71. The lowest BCUT2D eigenvalue weighted by Gasteiger charge is -2.38. The topological polar surface area (TPSA) is 58.9 Å². The van der Waals surface area contributed by atoms with Gasteiger partial charge >= 0.3 is 0 Å². The molecule has 0 radical (unpaired) electrons. The predicted octanol–water partition coefficient (Wildman–Crippen LogP) is 4.36. The molecule has 2 aromatic rings. The summed E-state index contributed by atoms with van der Waals surface area (Å²) in [5, 5.41) is 11.4. The minimum absolute atomic E-state index is 0.106. The van der Waals surface area contributed by atoms with Crippen LogP contribution in [-0.2, 0) is 11.3 Å². The number of ether oxygens (including phenoxy) is 1. The summed E-state index contributed by atoms with van der Waals surface area (Å²) >= 11 is 0. The SMILES string of the molecule is CCN(CC)c1ccc([N+](=O)[O-])cc1[C@H]1OCCCN1Cc1ccccc1. The van der Waals surface area contributed by atoms with Crippen molar-refractivity contribution in [3.05, 3.63) is 69.8 Å². The number of rotatable bonds is 7.